The lowest BCUT2D eigenvalue weighted by molar-refractivity contribution is 0.389. The zero-order valence-electron chi connectivity index (χ0n) is 19.1. The van der Waals surface area contributed by atoms with Crippen LogP contribution in [0.25, 0.3) is 10.8 Å². The third-order valence-electron chi connectivity index (χ3n) is 6.17. The van der Waals surface area contributed by atoms with Crippen molar-refractivity contribution in [2.75, 3.05) is 43.5 Å². The van der Waals surface area contributed by atoms with Gasteiger partial charge in [0.15, 0.2) is 10.9 Å². The largest absolute Gasteiger partial charge is 0.497 e. The van der Waals surface area contributed by atoms with E-state index in [1.807, 2.05) is 42.5 Å². The monoisotopic (exact) mass is 469 g/mol. The zero-order chi connectivity index (χ0) is 23.3. The van der Waals surface area contributed by atoms with E-state index in [-0.39, 0.29) is 0 Å². The van der Waals surface area contributed by atoms with Crippen molar-refractivity contribution in [1.29, 1.82) is 0 Å². The predicted molar refractivity (Wildman–Crippen MR) is 142 cm³/mol. The maximum atomic E-state index is 5.64. The van der Waals surface area contributed by atoms with Crippen LogP contribution in [0.1, 0.15) is 11.3 Å². The van der Waals surface area contributed by atoms with Gasteiger partial charge in [0.2, 0.25) is 0 Å². The summed E-state index contributed by atoms with van der Waals surface area (Å²) in [5.74, 6) is 1.79. The van der Waals surface area contributed by atoms with Crippen molar-refractivity contribution in [3.63, 3.8) is 0 Å². The Labute approximate surface area is 205 Å². The van der Waals surface area contributed by atoms with E-state index in [4.69, 9.17) is 17.0 Å². The van der Waals surface area contributed by atoms with Gasteiger partial charge in [-0.2, -0.15) is 5.10 Å². The normalized spacial score (nSPS) is 13.7. The van der Waals surface area contributed by atoms with E-state index in [0.29, 0.717) is 0 Å². The first-order chi connectivity index (χ1) is 16.7. The van der Waals surface area contributed by atoms with E-state index < -0.39 is 0 Å². The van der Waals surface area contributed by atoms with Crippen LogP contribution < -0.4 is 15.0 Å². The van der Waals surface area contributed by atoms with Gasteiger partial charge in [-0.05, 0) is 42.0 Å². The average Bonchev–Trinajstić information content (AvgIpc) is 2.90. The number of thiocarbonyl (C=S) groups is 1. The molecule has 6 nitrogen and oxygen atoms in total. The molecule has 1 aliphatic heterocycles. The maximum Gasteiger partial charge on any atom is 0.173 e. The molecule has 1 aliphatic rings. The summed E-state index contributed by atoms with van der Waals surface area (Å²) < 4.78 is 5.28. The number of nitrogens with zero attached hydrogens (tertiary/aromatic N) is 4. The SMILES string of the molecule is COc1ccc(Cc2nnc(N3CCN(C(=S)Nc4ccccc4)CC3)c3ccccc23)cc1. The summed E-state index contributed by atoms with van der Waals surface area (Å²) in [6, 6.07) is 26.6. The molecule has 3 aromatic carbocycles. The molecular formula is C27H27N5OS. The number of anilines is 2. The smallest absolute Gasteiger partial charge is 0.173 e. The third-order valence-corrected chi connectivity index (χ3v) is 6.53. The number of hydrogen-bond acceptors (Lipinski definition) is 5. The number of benzene rings is 3. The van der Waals surface area contributed by atoms with Crippen molar-refractivity contribution in [1.82, 2.24) is 15.1 Å². The van der Waals surface area contributed by atoms with E-state index in [1.165, 1.54) is 5.56 Å². The van der Waals surface area contributed by atoms with Gasteiger partial charge in [-0.1, -0.05) is 54.6 Å². The number of para-hydroxylation sites is 1. The molecule has 172 valence electrons. The quantitative estimate of drug-likeness (QED) is 0.424. The first-order valence-electron chi connectivity index (χ1n) is 11.4. The molecule has 1 N–H and O–H groups in total. The van der Waals surface area contributed by atoms with Crippen LogP contribution in [-0.2, 0) is 6.42 Å². The standard InChI is InChI=1S/C27H27N5OS/c1-33-22-13-11-20(12-14-22)19-25-23-9-5-6-10-24(23)26(30-29-25)31-15-17-32(18-16-31)27(34)28-21-7-3-2-4-8-21/h2-14H,15-19H2,1H3,(H,28,34). The summed E-state index contributed by atoms with van der Waals surface area (Å²) in [5, 5.41) is 15.7. The van der Waals surface area contributed by atoms with Gasteiger partial charge in [-0.25, -0.2) is 0 Å². The summed E-state index contributed by atoms with van der Waals surface area (Å²) in [5.41, 5.74) is 3.18. The molecule has 1 aromatic heterocycles. The first-order valence-corrected chi connectivity index (χ1v) is 11.9. The van der Waals surface area contributed by atoms with Gasteiger partial charge < -0.3 is 19.9 Å². The molecule has 0 bridgehead atoms. The number of aromatic nitrogens is 2. The second-order valence-corrected chi connectivity index (χ2v) is 8.70. The molecule has 0 amide bonds. The number of piperazine rings is 1. The van der Waals surface area contributed by atoms with Crippen LogP contribution in [0.2, 0.25) is 0 Å². The first kappa shape index (κ1) is 22.1. The molecule has 0 aliphatic carbocycles. The van der Waals surface area contributed by atoms with Gasteiger partial charge in [-0.15, -0.1) is 5.10 Å². The highest BCUT2D eigenvalue weighted by Crippen LogP contribution is 2.28. The molecule has 0 atom stereocenters. The minimum Gasteiger partial charge on any atom is -0.497 e. The van der Waals surface area contributed by atoms with E-state index in [0.717, 1.165) is 71.4 Å². The van der Waals surface area contributed by atoms with Crippen molar-refractivity contribution < 1.29 is 4.74 Å². The number of rotatable bonds is 5. The maximum absolute atomic E-state index is 5.64. The van der Waals surface area contributed by atoms with Crippen molar-refractivity contribution in [2.24, 2.45) is 0 Å². The van der Waals surface area contributed by atoms with Gasteiger partial charge in [0.25, 0.3) is 0 Å². The summed E-state index contributed by atoms with van der Waals surface area (Å²) in [6.07, 6.45) is 0.727. The highest BCUT2D eigenvalue weighted by Gasteiger charge is 2.22. The van der Waals surface area contributed by atoms with Crippen molar-refractivity contribution in [3.05, 3.63) is 90.1 Å². The van der Waals surface area contributed by atoms with Crippen LogP contribution in [0.3, 0.4) is 0 Å². The van der Waals surface area contributed by atoms with Crippen LogP contribution in [-0.4, -0.2) is 53.5 Å². The average molecular weight is 470 g/mol. The molecule has 0 radical (unpaired) electrons. The Balaban J connectivity index is 1.31. The Morgan fingerprint density at radius 1 is 0.853 bits per heavy atom. The van der Waals surface area contributed by atoms with Gasteiger partial charge in [-0.3, -0.25) is 0 Å². The van der Waals surface area contributed by atoms with E-state index in [9.17, 15) is 0 Å². The fraction of sp³-hybridized carbons (Fsp3) is 0.222. The topological polar surface area (TPSA) is 53.5 Å². The summed E-state index contributed by atoms with van der Waals surface area (Å²) in [7, 11) is 1.68. The summed E-state index contributed by atoms with van der Waals surface area (Å²) in [4.78, 5) is 4.53. The van der Waals surface area contributed by atoms with Crippen molar-refractivity contribution in [3.8, 4) is 5.75 Å². The van der Waals surface area contributed by atoms with Crippen LogP contribution in [0.15, 0.2) is 78.9 Å². The fourth-order valence-electron chi connectivity index (χ4n) is 4.29. The lowest BCUT2D eigenvalue weighted by Gasteiger charge is -2.37. The number of methoxy groups -OCH3 is 1. The van der Waals surface area contributed by atoms with Gasteiger partial charge in [0.05, 0.1) is 12.8 Å². The van der Waals surface area contributed by atoms with E-state index in [1.54, 1.807) is 7.11 Å². The highest BCUT2D eigenvalue weighted by atomic mass is 32.1. The molecule has 5 rings (SSSR count). The third kappa shape index (κ3) is 4.79. The number of hydrogen-bond donors (Lipinski definition) is 1. The van der Waals surface area contributed by atoms with E-state index >= 15 is 0 Å². The predicted octanol–water partition coefficient (Wildman–Crippen LogP) is 4.75. The minimum absolute atomic E-state index is 0.727. The second-order valence-electron chi connectivity index (χ2n) is 8.31. The Hall–Kier alpha value is -3.71. The molecular weight excluding hydrogens is 442 g/mol. The minimum atomic E-state index is 0.727. The Bertz CT molecular complexity index is 1270. The molecule has 0 unspecified atom stereocenters. The van der Waals surface area contributed by atoms with Gasteiger partial charge in [0, 0.05) is 49.1 Å². The molecule has 0 spiro atoms. The Morgan fingerprint density at radius 3 is 2.24 bits per heavy atom. The Morgan fingerprint density at radius 2 is 1.53 bits per heavy atom. The molecule has 7 heteroatoms. The number of ether oxygens (including phenoxy) is 1. The van der Waals surface area contributed by atoms with Crippen LogP contribution in [0, 0.1) is 0 Å². The van der Waals surface area contributed by atoms with Crippen molar-refractivity contribution in [2.45, 2.75) is 6.42 Å². The molecule has 0 saturated carbocycles. The van der Waals surface area contributed by atoms with Crippen LogP contribution in [0.4, 0.5) is 11.5 Å². The molecule has 34 heavy (non-hydrogen) atoms. The summed E-state index contributed by atoms with van der Waals surface area (Å²) >= 11 is 5.64. The lowest BCUT2D eigenvalue weighted by Crippen LogP contribution is -2.50. The Kier molecular flexibility index (Phi) is 6.53. The zero-order valence-corrected chi connectivity index (χ0v) is 20.0. The molecule has 1 saturated heterocycles. The second kappa shape index (κ2) is 10.1. The number of fused-ring (bicyclic) bond motifs is 1. The van der Waals surface area contributed by atoms with Crippen LogP contribution >= 0.6 is 12.2 Å². The fourth-order valence-corrected chi connectivity index (χ4v) is 4.59. The van der Waals surface area contributed by atoms with Crippen LogP contribution in [0.5, 0.6) is 5.75 Å². The number of nitrogens with one attached hydrogen (secondary N) is 1. The molecule has 4 aromatic rings. The summed E-state index contributed by atoms with van der Waals surface area (Å²) in [6.45, 7) is 3.35. The molecule has 2 heterocycles. The van der Waals surface area contributed by atoms with Gasteiger partial charge in [0.1, 0.15) is 5.75 Å². The lowest BCUT2D eigenvalue weighted by atomic mass is 10.0. The highest BCUT2D eigenvalue weighted by molar-refractivity contribution is 7.80. The van der Waals surface area contributed by atoms with Crippen molar-refractivity contribution >= 4 is 39.6 Å². The van der Waals surface area contributed by atoms with E-state index in [2.05, 4.69) is 61.7 Å². The van der Waals surface area contributed by atoms with Gasteiger partial charge >= 0.3 is 0 Å². The molecule has 1 fully saturated rings.